The predicted molar refractivity (Wildman–Crippen MR) is 222 cm³/mol. The van der Waals surface area contributed by atoms with Gasteiger partial charge in [-0.25, -0.2) is 4.57 Å². The van der Waals surface area contributed by atoms with Crippen LogP contribution in [0.4, 0.5) is 0 Å². The van der Waals surface area contributed by atoms with E-state index in [0.717, 1.165) is 64.2 Å². The molecule has 1 rings (SSSR count). The highest BCUT2D eigenvalue weighted by molar-refractivity contribution is 7.47. The Labute approximate surface area is 339 Å². The van der Waals surface area contributed by atoms with E-state index in [4.69, 9.17) is 24.3 Å². The van der Waals surface area contributed by atoms with Crippen LogP contribution in [-0.4, -0.2) is 82.9 Å². The molecule has 56 heavy (non-hydrogen) atoms. The summed E-state index contributed by atoms with van der Waals surface area (Å²) in [6.07, 6.45) is 27.3. The highest BCUT2D eigenvalue weighted by atomic mass is 31.2. The summed E-state index contributed by atoms with van der Waals surface area (Å²) in [5.74, 6) is -1.23. The second-order valence-corrected chi connectivity index (χ2v) is 17.3. The molecule has 1 aliphatic rings. The van der Waals surface area contributed by atoms with Crippen molar-refractivity contribution in [2.45, 2.75) is 212 Å². The fraction of sp³-hybridized carbons (Fsp3) is 0.907. The molecule has 7 atom stereocenters. The van der Waals surface area contributed by atoms with E-state index in [2.05, 4.69) is 13.8 Å². The van der Waals surface area contributed by atoms with Gasteiger partial charge in [0.25, 0.3) is 0 Å². The Kier molecular flexibility index (Phi) is 32.4. The van der Waals surface area contributed by atoms with Crippen molar-refractivity contribution in [3.8, 4) is 0 Å². The number of aliphatic hydroxyl groups excluding tert-OH is 3. The standard InChI is InChI=1S/C43H82NO11P/c1-3-5-7-8-9-10-11-12-13-14-15-16-17-18-24-28-43(49)55-37(35-54-56(50,51)53-32-31-44)34-52-42(48)27-23-20-19-22-26-38-39(41(47)33-40(38)46)30-29-36(45)25-21-6-4-2/h29-30,36-41,45-47H,3-28,31-35,44H2,1-2H3,(H,50,51)/b30-29+/t36-,37+,38+,39+,40-,41+/m0/s1. The number of hydrogen-bond donors (Lipinski definition) is 5. The van der Waals surface area contributed by atoms with Gasteiger partial charge in [-0.2, -0.15) is 0 Å². The van der Waals surface area contributed by atoms with Crippen molar-refractivity contribution < 1.29 is 52.9 Å². The SMILES string of the molecule is CCCCCCCCCCCCCCCCCC(=O)O[C@H](COC(=O)CCCCCC[C@@H]1[C@@H](/C=C/[C@@H](O)CCCCC)[C@H](O)C[C@@H]1O)COP(=O)(O)OCCN. The number of nitrogens with two attached hydrogens (primary N) is 1. The molecule has 0 aromatic heterocycles. The molecule has 0 bridgehead atoms. The molecule has 1 saturated carbocycles. The summed E-state index contributed by atoms with van der Waals surface area (Å²) in [6.45, 7) is 3.41. The van der Waals surface area contributed by atoms with Crippen molar-refractivity contribution in [3.05, 3.63) is 12.2 Å². The van der Waals surface area contributed by atoms with Gasteiger partial charge in [0.05, 0.1) is 31.5 Å². The predicted octanol–water partition coefficient (Wildman–Crippen LogP) is 8.99. The van der Waals surface area contributed by atoms with E-state index >= 15 is 0 Å². The lowest BCUT2D eigenvalue weighted by atomic mass is 9.88. The maximum atomic E-state index is 12.6. The van der Waals surface area contributed by atoms with Crippen molar-refractivity contribution in [1.29, 1.82) is 0 Å². The molecule has 0 saturated heterocycles. The number of unbranched alkanes of at least 4 members (excludes halogenated alkanes) is 19. The molecule has 12 nitrogen and oxygen atoms in total. The lowest BCUT2D eigenvalue weighted by Gasteiger charge is -2.21. The van der Waals surface area contributed by atoms with Crippen LogP contribution in [0.5, 0.6) is 0 Å². The third-order valence-electron chi connectivity index (χ3n) is 10.8. The zero-order valence-corrected chi connectivity index (χ0v) is 36.1. The van der Waals surface area contributed by atoms with Gasteiger partial charge in [0, 0.05) is 31.7 Å². The largest absolute Gasteiger partial charge is 0.472 e. The monoisotopic (exact) mass is 820 g/mol. The third kappa shape index (κ3) is 28.1. The van der Waals surface area contributed by atoms with Crippen molar-refractivity contribution in [2.24, 2.45) is 17.6 Å². The minimum absolute atomic E-state index is 0.0248. The van der Waals surface area contributed by atoms with Crippen molar-refractivity contribution in [2.75, 3.05) is 26.4 Å². The summed E-state index contributed by atoms with van der Waals surface area (Å²) in [7, 11) is -4.43. The maximum Gasteiger partial charge on any atom is 0.472 e. The second kappa shape index (κ2) is 34.5. The molecule has 1 unspecified atom stereocenters. The first-order chi connectivity index (χ1) is 27.0. The van der Waals surface area contributed by atoms with Crippen LogP contribution < -0.4 is 5.73 Å². The van der Waals surface area contributed by atoms with E-state index < -0.39 is 50.8 Å². The van der Waals surface area contributed by atoms with Gasteiger partial charge in [-0.05, 0) is 31.6 Å². The number of hydrogen-bond acceptors (Lipinski definition) is 11. The Bertz CT molecular complexity index is 1050. The molecule has 0 amide bonds. The Morgan fingerprint density at radius 2 is 1.23 bits per heavy atom. The van der Waals surface area contributed by atoms with Crippen LogP contribution in [0.15, 0.2) is 12.2 Å². The number of phosphoric ester groups is 1. The van der Waals surface area contributed by atoms with E-state index in [9.17, 15) is 34.4 Å². The summed E-state index contributed by atoms with van der Waals surface area (Å²) in [5, 5.41) is 31.3. The maximum absolute atomic E-state index is 12.6. The van der Waals surface area contributed by atoms with Crippen molar-refractivity contribution in [1.82, 2.24) is 0 Å². The van der Waals surface area contributed by atoms with Crippen LogP contribution in [0, 0.1) is 11.8 Å². The highest BCUT2D eigenvalue weighted by Gasteiger charge is 2.39. The molecule has 330 valence electrons. The fourth-order valence-corrected chi connectivity index (χ4v) is 8.14. The molecule has 13 heteroatoms. The van der Waals surface area contributed by atoms with Crippen LogP contribution in [-0.2, 0) is 32.7 Å². The molecule has 0 spiro atoms. The number of carbonyl (C=O) groups is 2. The van der Waals surface area contributed by atoms with Gasteiger partial charge in [-0.1, -0.05) is 154 Å². The molecule has 0 aromatic rings. The van der Waals surface area contributed by atoms with Crippen molar-refractivity contribution in [3.63, 3.8) is 0 Å². The average Bonchev–Trinajstić information content (AvgIpc) is 3.44. The second-order valence-electron chi connectivity index (χ2n) is 15.9. The molecule has 0 aromatic carbocycles. The van der Waals surface area contributed by atoms with Gasteiger partial charge in [0.1, 0.15) is 6.61 Å². The molecule has 0 radical (unpaired) electrons. The Morgan fingerprint density at radius 1 is 0.714 bits per heavy atom. The van der Waals surface area contributed by atoms with E-state index in [1.807, 2.05) is 6.08 Å². The average molecular weight is 820 g/mol. The molecule has 0 aliphatic heterocycles. The summed E-state index contributed by atoms with van der Waals surface area (Å²) in [4.78, 5) is 35.1. The summed E-state index contributed by atoms with van der Waals surface area (Å²) in [5.41, 5.74) is 5.35. The highest BCUT2D eigenvalue weighted by Crippen LogP contribution is 2.43. The number of esters is 2. The molecule has 1 aliphatic carbocycles. The fourth-order valence-electron chi connectivity index (χ4n) is 7.38. The van der Waals surface area contributed by atoms with Gasteiger partial charge in [-0.15, -0.1) is 0 Å². The van der Waals surface area contributed by atoms with Crippen molar-refractivity contribution >= 4 is 19.8 Å². The Hall–Kier alpha value is -1.37. The first-order valence-electron chi connectivity index (χ1n) is 22.4. The quantitative estimate of drug-likeness (QED) is 0.0172. The number of phosphoric acid groups is 1. The molecular formula is C43H82NO11P. The van der Waals surface area contributed by atoms with Crippen LogP contribution in [0.1, 0.15) is 187 Å². The lowest BCUT2D eigenvalue weighted by molar-refractivity contribution is -0.161. The minimum Gasteiger partial charge on any atom is -0.462 e. The van der Waals surface area contributed by atoms with E-state index in [-0.39, 0.29) is 44.4 Å². The van der Waals surface area contributed by atoms with Gasteiger partial charge < -0.3 is 35.4 Å². The van der Waals surface area contributed by atoms with Crippen LogP contribution in [0.2, 0.25) is 0 Å². The van der Waals surface area contributed by atoms with Crippen LogP contribution in [0.25, 0.3) is 0 Å². The molecule has 1 fully saturated rings. The Balaban J connectivity index is 2.35. The molecular weight excluding hydrogens is 737 g/mol. The summed E-state index contributed by atoms with van der Waals surface area (Å²) in [6, 6.07) is 0. The topological polar surface area (TPSA) is 195 Å². The summed E-state index contributed by atoms with van der Waals surface area (Å²) >= 11 is 0. The zero-order chi connectivity index (χ0) is 41.3. The van der Waals surface area contributed by atoms with Gasteiger partial charge >= 0.3 is 19.8 Å². The normalized spacial score (nSPS) is 20.6. The Morgan fingerprint density at radius 3 is 1.80 bits per heavy atom. The summed E-state index contributed by atoms with van der Waals surface area (Å²) < 4.78 is 32.8. The number of aliphatic hydroxyl groups is 3. The first-order valence-corrected chi connectivity index (χ1v) is 23.9. The van der Waals surface area contributed by atoms with Crippen LogP contribution >= 0.6 is 7.82 Å². The van der Waals surface area contributed by atoms with Crippen LogP contribution in [0.3, 0.4) is 0 Å². The number of ether oxygens (including phenoxy) is 2. The number of carbonyl (C=O) groups excluding carboxylic acids is 2. The third-order valence-corrected chi connectivity index (χ3v) is 11.7. The van der Waals surface area contributed by atoms with E-state index in [0.29, 0.717) is 25.7 Å². The van der Waals surface area contributed by atoms with Gasteiger partial charge in [0.2, 0.25) is 0 Å². The molecule has 6 N–H and O–H groups in total. The van der Waals surface area contributed by atoms with Gasteiger partial charge in [0.15, 0.2) is 6.10 Å². The van der Waals surface area contributed by atoms with E-state index in [1.54, 1.807) is 6.08 Å². The minimum atomic E-state index is -4.43. The molecule has 0 heterocycles. The van der Waals surface area contributed by atoms with Gasteiger partial charge in [-0.3, -0.25) is 18.6 Å². The first kappa shape index (κ1) is 52.6. The lowest BCUT2D eigenvalue weighted by Crippen LogP contribution is -2.29. The van der Waals surface area contributed by atoms with E-state index in [1.165, 1.54) is 70.6 Å². The smallest absolute Gasteiger partial charge is 0.462 e. The number of rotatable bonds is 38. The zero-order valence-electron chi connectivity index (χ0n) is 35.2.